The van der Waals surface area contributed by atoms with E-state index in [0.29, 0.717) is 53.6 Å². The minimum absolute atomic E-state index is 0.0137. The van der Waals surface area contributed by atoms with Gasteiger partial charge in [-0.25, -0.2) is 14.8 Å². The average Bonchev–Trinajstić information content (AvgIpc) is 3.89. The average molecular weight is 907 g/mol. The van der Waals surface area contributed by atoms with Crippen molar-refractivity contribution in [2.24, 2.45) is 11.3 Å². The Balaban J connectivity index is 1.32. The Morgan fingerprint density at radius 1 is 1.06 bits per heavy atom. The van der Waals surface area contributed by atoms with Crippen molar-refractivity contribution in [3.8, 4) is 0 Å². The van der Waals surface area contributed by atoms with Crippen LogP contribution in [-0.2, 0) is 30.4 Å². The van der Waals surface area contributed by atoms with Crippen molar-refractivity contribution >= 4 is 46.8 Å². The number of carbonyl (C=O) groups is 4. The SMILES string of the molecule is COC(=O)NC(C(=O)N1CC(OC)CC1c1nc(C2=CC=C(C3=CC(Cl)=C(NC(=O)c4ccc(NCCNC(=O)C(C)(C)CO)nc4)CC3OC(F)(F)F)CC2)c(CO)[nH]1)C(C)C. The van der Waals surface area contributed by atoms with Crippen molar-refractivity contribution in [2.45, 2.75) is 90.6 Å². The normalized spacial score (nSPS) is 19.9. The molecule has 63 heavy (non-hydrogen) atoms. The summed E-state index contributed by atoms with van der Waals surface area (Å²) in [6, 6.07) is 1.51. The van der Waals surface area contributed by atoms with Gasteiger partial charge in [-0.3, -0.25) is 19.1 Å². The first kappa shape index (κ1) is 48.7. The molecule has 1 fully saturated rings. The van der Waals surface area contributed by atoms with Crippen LogP contribution >= 0.6 is 11.6 Å². The Morgan fingerprint density at radius 3 is 2.37 bits per heavy atom. The summed E-state index contributed by atoms with van der Waals surface area (Å²) in [4.78, 5) is 65.0. The lowest BCUT2D eigenvalue weighted by molar-refractivity contribution is -0.337. The molecular formula is C42H54ClF3N8O9. The lowest BCUT2D eigenvalue weighted by atomic mass is 9.85. The first-order valence-corrected chi connectivity index (χ1v) is 20.7. The number of aliphatic hydroxyl groups excluding tert-OH is 2. The number of nitrogens with one attached hydrogen (secondary N) is 5. The molecule has 4 amide bonds. The highest BCUT2D eigenvalue weighted by Crippen LogP contribution is 2.41. The van der Waals surface area contributed by atoms with E-state index in [4.69, 9.17) is 26.1 Å². The predicted octanol–water partition coefficient (Wildman–Crippen LogP) is 4.73. The summed E-state index contributed by atoms with van der Waals surface area (Å²) in [5.41, 5.74) is 1.37. The minimum atomic E-state index is -5.02. The molecule has 4 unspecified atom stereocenters. The summed E-state index contributed by atoms with van der Waals surface area (Å²) >= 11 is 6.61. The molecule has 2 aromatic heterocycles. The molecule has 17 nitrogen and oxygen atoms in total. The van der Waals surface area contributed by atoms with Crippen LogP contribution in [0.15, 0.2) is 58.4 Å². The predicted molar refractivity (Wildman–Crippen MR) is 224 cm³/mol. The summed E-state index contributed by atoms with van der Waals surface area (Å²) in [7, 11) is 2.74. The van der Waals surface area contributed by atoms with E-state index in [1.165, 1.54) is 38.6 Å². The quantitative estimate of drug-likeness (QED) is 0.107. The van der Waals surface area contributed by atoms with Crippen molar-refractivity contribution in [1.82, 2.24) is 35.8 Å². The van der Waals surface area contributed by atoms with Crippen LogP contribution in [0.4, 0.5) is 23.8 Å². The van der Waals surface area contributed by atoms with E-state index in [-0.39, 0.29) is 71.8 Å². The standard InChI is InChI=1S/C42H54ClF3N8O9/c1-22(2)34(53-40(60)62-6)38(58)54-19-26(61-5)15-31(54)36-50-30(20-55)35(52-36)24-9-7-23(8-10-24)27-16-28(43)29(17-32(27)63-42(44,45)46)51-37(57)25-11-12-33(49-18-25)47-13-14-48-39(59)41(3,4)21-56/h7,9,11-12,16,18,22,26,31-32,34,55-56H,8,10,13-15,17,19-21H2,1-6H3,(H,47,49)(H,48,59)(H,50,52)(H,51,57)(H,53,60). The van der Waals surface area contributed by atoms with Gasteiger partial charge in [0, 0.05) is 51.5 Å². The van der Waals surface area contributed by atoms with E-state index >= 15 is 0 Å². The number of aliphatic hydroxyl groups is 2. The van der Waals surface area contributed by atoms with Crippen LogP contribution in [-0.4, -0.2) is 119 Å². The second-order valence-corrected chi connectivity index (χ2v) is 16.6. The van der Waals surface area contributed by atoms with Crippen LogP contribution in [0, 0.1) is 11.3 Å². The number of alkyl carbamates (subject to hydrolysis) is 1. The Labute approximate surface area is 367 Å². The Hall–Kier alpha value is -5.28. The maximum Gasteiger partial charge on any atom is 0.523 e. The molecule has 1 aliphatic heterocycles. The summed E-state index contributed by atoms with van der Waals surface area (Å²) in [6.45, 7) is 6.86. The maximum atomic E-state index is 13.8. The summed E-state index contributed by atoms with van der Waals surface area (Å²) < 4.78 is 56.3. The molecule has 4 atom stereocenters. The van der Waals surface area contributed by atoms with Crippen LogP contribution in [0.5, 0.6) is 0 Å². The molecule has 0 saturated carbocycles. The second kappa shape index (κ2) is 20.9. The van der Waals surface area contributed by atoms with E-state index < -0.39 is 55.0 Å². The summed E-state index contributed by atoms with van der Waals surface area (Å²) in [6.07, 6.45) is -1.15. The Bertz CT molecular complexity index is 2140. The molecule has 0 aromatic carbocycles. The zero-order valence-electron chi connectivity index (χ0n) is 35.8. The number of imidazole rings is 1. The van der Waals surface area contributed by atoms with Crippen LogP contribution in [0.1, 0.15) is 87.0 Å². The molecule has 2 aromatic rings. The zero-order chi connectivity index (χ0) is 46.2. The topological polar surface area (TPSA) is 229 Å². The fourth-order valence-electron chi connectivity index (χ4n) is 7.30. The maximum absolute atomic E-state index is 13.8. The molecule has 21 heteroatoms. The van der Waals surface area contributed by atoms with E-state index in [2.05, 4.69) is 36.0 Å². The highest BCUT2D eigenvalue weighted by Gasteiger charge is 2.43. The van der Waals surface area contributed by atoms with Crippen LogP contribution in [0.3, 0.4) is 0 Å². The number of amides is 4. The van der Waals surface area contributed by atoms with Crippen LogP contribution in [0.2, 0.25) is 0 Å². The molecule has 0 radical (unpaired) electrons. The summed E-state index contributed by atoms with van der Waals surface area (Å²) in [5, 5.41) is 30.6. The van der Waals surface area contributed by atoms with Crippen molar-refractivity contribution in [3.63, 3.8) is 0 Å². The van der Waals surface area contributed by atoms with Gasteiger partial charge in [0.05, 0.1) is 66.0 Å². The molecule has 7 N–H and O–H groups in total. The third kappa shape index (κ3) is 12.3. The van der Waals surface area contributed by atoms with E-state index in [9.17, 15) is 42.6 Å². The fraction of sp³-hybridized carbons (Fsp3) is 0.524. The number of likely N-dealkylation sites (tertiary alicyclic amines) is 1. The molecule has 5 rings (SSSR count). The van der Waals surface area contributed by atoms with Gasteiger partial charge in [-0.05, 0) is 67.5 Å². The Kier molecular flexibility index (Phi) is 16.2. The van der Waals surface area contributed by atoms with E-state index in [1.807, 2.05) is 0 Å². The zero-order valence-corrected chi connectivity index (χ0v) is 36.6. The molecule has 0 bridgehead atoms. The number of carbonyl (C=O) groups excluding carboxylic acids is 4. The third-order valence-corrected chi connectivity index (χ3v) is 11.3. The van der Waals surface area contributed by atoms with Gasteiger partial charge < -0.3 is 50.8 Å². The van der Waals surface area contributed by atoms with Crippen molar-refractivity contribution in [3.05, 3.63) is 81.2 Å². The number of methoxy groups -OCH3 is 2. The van der Waals surface area contributed by atoms with Crippen LogP contribution < -0.4 is 21.3 Å². The van der Waals surface area contributed by atoms with Crippen LogP contribution in [0.25, 0.3) is 5.57 Å². The number of allylic oxidation sites excluding steroid dienone is 5. The molecule has 3 heterocycles. The molecular weight excluding hydrogens is 853 g/mol. The summed E-state index contributed by atoms with van der Waals surface area (Å²) in [5.74, 6) is -0.818. The van der Waals surface area contributed by atoms with Gasteiger partial charge in [0.1, 0.15) is 17.7 Å². The number of ether oxygens (including phenoxy) is 3. The second-order valence-electron chi connectivity index (χ2n) is 16.2. The number of aromatic amines is 1. The van der Waals surface area contributed by atoms with Gasteiger partial charge in [-0.15, -0.1) is 13.2 Å². The first-order valence-electron chi connectivity index (χ1n) is 20.3. The monoisotopic (exact) mass is 906 g/mol. The van der Waals surface area contributed by atoms with E-state index in [0.717, 1.165) is 0 Å². The number of alkyl halides is 3. The highest BCUT2D eigenvalue weighted by atomic mass is 35.5. The number of anilines is 1. The van der Waals surface area contributed by atoms with E-state index in [1.54, 1.807) is 44.7 Å². The number of nitrogens with zero attached hydrogens (tertiary/aromatic N) is 3. The number of hydrogen-bond donors (Lipinski definition) is 7. The molecule has 3 aliphatic rings. The number of aromatic nitrogens is 3. The first-order chi connectivity index (χ1) is 29.8. The van der Waals surface area contributed by atoms with Gasteiger partial charge in [-0.2, -0.15) is 0 Å². The lowest BCUT2D eigenvalue weighted by Gasteiger charge is -2.30. The highest BCUT2D eigenvalue weighted by molar-refractivity contribution is 6.32. The molecule has 1 saturated heterocycles. The number of pyridine rings is 1. The lowest BCUT2D eigenvalue weighted by Crippen LogP contribution is -2.51. The van der Waals surface area contributed by atoms with Crippen molar-refractivity contribution in [2.75, 3.05) is 45.8 Å². The number of hydrogen-bond acceptors (Lipinski definition) is 12. The van der Waals surface area contributed by atoms with Gasteiger partial charge >= 0.3 is 12.5 Å². The smallest absolute Gasteiger partial charge is 0.453 e. The molecule has 344 valence electrons. The van der Waals surface area contributed by atoms with Crippen molar-refractivity contribution < 1.29 is 56.8 Å². The van der Waals surface area contributed by atoms with Gasteiger partial charge in [0.15, 0.2) is 0 Å². The van der Waals surface area contributed by atoms with Crippen molar-refractivity contribution in [1.29, 1.82) is 0 Å². The Morgan fingerprint density at radius 2 is 1.78 bits per heavy atom. The molecule has 2 aliphatic carbocycles. The fourth-order valence-corrected chi connectivity index (χ4v) is 7.54. The third-order valence-electron chi connectivity index (χ3n) is 11.0. The largest absolute Gasteiger partial charge is 0.523 e. The number of halogens is 4. The number of H-pyrrole nitrogens is 1. The van der Waals surface area contributed by atoms with Gasteiger partial charge in [-0.1, -0.05) is 37.6 Å². The number of rotatable bonds is 17. The van der Waals surface area contributed by atoms with Gasteiger partial charge in [0.2, 0.25) is 11.8 Å². The van der Waals surface area contributed by atoms with Gasteiger partial charge in [0.25, 0.3) is 5.91 Å². The minimum Gasteiger partial charge on any atom is -0.453 e. The molecule has 0 spiro atoms.